The van der Waals surface area contributed by atoms with Crippen LogP contribution in [0.4, 0.5) is 0 Å². The number of para-hydroxylation sites is 1. The quantitative estimate of drug-likeness (QED) is 0.498. The van der Waals surface area contributed by atoms with E-state index in [4.69, 9.17) is 5.11 Å². The molecule has 122 valence electrons. The zero-order valence-electron chi connectivity index (χ0n) is 13.0. The van der Waals surface area contributed by atoms with E-state index in [0.29, 0.717) is 16.9 Å². The lowest BCUT2D eigenvalue weighted by Gasteiger charge is -2.02. The van der Waals surface area contributed by atoms with Crippen molar-refractivity contribution < 1.29 is 15.0 Å². The lowest BCUT2D eigenvalue weighted by atomic mass is 10.1. The topological polar surface area (TPSA) is 99.1 Å². The number of phenols is 1. The lowest BCUT2D eigenvalue weighted by Crippen LogP contribution is -1.88. The number of rotatable bonds is 3. The van der Waals surface area contributed by atoms with E-state index in [2.05, 4.69) is 15.2 Å². The second-order valence-corrected chi connectivity index (χ2v) is 5.61. The average molecular weight is 331 g/mol. The Morgan fingerprint density at radius 1 is 1.04 bits per heavy atom. The summed E-state index contributed by atoms with van der Waals surface area (Å²) < 4.78 is 0. The number of phenolic OH excluding ortho intramolecular Hbond substituents is 1. The van der Waals surface area contributed by atoms with Gasteiger partial charge >= 0.3 is 5.97 Å². The molecule has 6 heteroatoms. The number of carbonyl (C=O) groups is 1. The molecule has 0 saturated heterocycles. The Hall–Kier alpha value is -3.67. The van der Waals surface area contributed by atoms with Gasteiger partial charge in [-0.25, -0.2) is 4.79 Å². The van der Waals surface area contributed by atoms with Crippen molar-refractivity contribution in [3.8, 4) is 17.0 Å². The lowest BCUT2D eigenvalue weighted by molar-refractivity contribution is -0.131. The number of fused-ring (bicyclic) bond motifs is 3. The highest BCUT2D eigenvalue weighted by atomic mass is 16.4. The first-order valence-corrected chi connectivity index (χ1v) is 7.60. The van der Waals surface area contributed by atoms with Crippen molar-refractivity contribution in [3.63, 3.8) is 0 Å². The maximum atomic E-state index is 10.7. The van der Waals surface area contributed by atoms with E-state index >= 15 is 0 Å². The molecule has 3 N–H and O–H groups in total. The molecule has 4 rings (SSSR count). The van der Waals surface area contributed by atoms with Gasteiger partial charge in [-0.1, -0.05) is 18.2 Å². The number of hydrogen-bond donors (Lipinski definition) is 3. The van der Waals surface area contributed by atoms with Crippen LogP contribution in [-0.4, -0.2) is 31.4 Å². The molecule has 0 spiro atoms. The fourth-order valence-corrected chi connectivity index (χ4v) is 2.80. The van der Waals surface area contributed by atoms with Gasteiger partial charge in [-0.2, -0.15) is 0 Å². The van der Waals surface area contributed by atoms with Crippen LogP contribution in [0.2, 0.25) is 0 Å². The number of hydrogen-bond acceptors (Lipinski definition) is 4. The van der Waals surface area contributed by atoms with Gasteiger partial charge in [0.25, 0.3) is 0 Å². The van der Waals surface area contributed by atoms with Gasteiger partial charge in [0.05, 0.1) is 5.69 Å². The minimum absolute atomic E-state index is 0.140. The van der Waals surface area contributed by atoms with E-state index in [-0.39, 0.29) is 5.75 Å². The van der Waals surface area contributed by atoms with Crippen molar-refractivity contribution in [2.24, 2.45) is 0 Å². The number of carboxylic acids is 1. The Morgan fingerprint density at radius 2 is 1.88 bits per heavy atom. The summed E-state index contributed by atoms with van der Waals surface area (Å²) in [7, 11) is 0. The largest absolute Gasteiger partial charge is 0.507 e. The number of aromatic nitrogens is 3. The molecule has 2 heterocycles. The van der Waals surface area contributed by atoms with E-state index < -0.39 is 5.97 Å². The minimum atomic E-state index is -0.994. The minimum Gasteiger partial charge on any atom is -0.507 e. The molecule has 0 atom stereocenters. The number of aromatic hydroxyl groups is 1. The molecule has 0 amide bonds. The molecular formula is C19H13N3O3. The Balaban J connectivity index is 1.90. The Labute approximate surface area is 142 Å². The fourth-order valence-electron chi connectivity index (χ4n) is 2.80. The highest BCUT2D eigenvalue weighted by Crippen LogP contribution is 2.31. The van der Waals surface area contributed by atoms with Gasteiger partial charge in [0, 0.05) is 27.9 Å². The summed E-state index contributed by atoms with van der Waals surface area (Å²) in [6.45, 7) is 0. The molecule has 6 nitrogen and oxygen atoms in total. The number of nitrogens with zero attached hydrogens (tertiary/aromatic N) is 2. The summed E-state index contributed by atoms with van der Waals surface area (Å²) in [5.41, 5.74) is 3.46. The van der Waals surface area contributed by atoms with Crippen molar-refractivity contribution in [2.75, 3.05) is 0 Å². The summed E-state index contributed by atoms with van der Waals surface area (Å²) in [5, 5.41) is 29.0. The maximum Gasteiger partial charge on any atom is 0.328 e. The van der Waals surface area contributed by atoms with Gasteiger partial charge in [0.15, 0.2) is 5.65 Å². The number of H-pyrrole nitrogens is 1. The smallest absolute Gasteiger partial charge is 0.328 e. The molecular weight excluding hydrogens is 318 g/mol. The highest BCUT2D eigenvalue weighted by Gasteiger charge is 2.11. The molecule has 0 aliphatic rings. The molecule has 2 aromatic heterocycles. The molecule has 0 saturated carbocycles. The van der Waals surface area contributed by atoms with Crippen molar-refractivity contribution in [1.82, 2.24) is 15.2 Å². The third-order valence-electron chi connectivity index (χ3n) is 3.98. The number of benzene rings is 2. The van der Waals surface area contributed by atoms with Crippen LogP contribution in [0.3, 0.4) is 0 Å². The highest BCUT2D eigenvalue weighted by molar-refractivity contribution is 6.07. The average Bonchev–Trinajstić information content (AvgIpc) is 2.97. The number of carboxylic acid groups (broad SMARTS) is 1. The summed E-state index contributed by atoms with van der Waals surface area (Å²) >= 11 is 0. The van der Waals surface area contributed by atoms with E-state index in [0.717, 1.165) is 27.9 Å². The monoisotopic (exact) mass is 331 g/mol. The summed E-state index contributed by atoms with van der Waals surface area (Å²) in [4.78, 5) is 13.9. The molecule has 0 aliphatic carbocycles. The zero-order chi connectivity index (χ0) is 17.4. The van der Waals surface area contributed by atoms with Crippen LogP contribution < -0.4 is 0 Å². The molecule has 0 aliphatic heterocycles. The van der Waals surface area contributed by atoms with E-state index in [1.807, 2.05) is 30.3 Å². The Kier molecular flexibility index (Phi) is 3.43. The van der Waals surface area contributed by atoms with Gasteiger partial charge in [-0.15, -0.1) is 10.2 Å². The van der Waals surface area contributed by atoms with Crippen molar-refractivity contribution >= 4 is 34.0 Å². The third kappa shape index (κ3) is 2.70. The SMILES string of the molecule is O=C(O)/C=C/c1ccc2[nH]c3nnc(-c4ccccc4O)cc3c2c1. The van der Waals surface area contributed by atoms with E-state index in [1.54, 1.807) is 24.3 Å². The number of aromatic amines is 1. The first kappa shape index (κ1) is 14.9. The third-order valence-corrected chi connectivity index (χ3v) is 3.98. The van der Waals surface area contributed by atoms with Crippen molar-refractivity contribution in [2.45, 2.75) is 0 Å². The van der Waals surface area contributed by atoms with Crippen molar-refractivity contribution in [3.05, 3.63) is 60.2 Å². The summed E-state index contributed by atoms with van der Waals surface area (Å²) in [5.74, 6) is -0.854. The first-order chi connectivity index (χ1) is 12.1. The van der Waals surface area contributed by atoms with Gasteiger partial charge in [-0.05, 0) is 42.0 Å². The van der Waals surface area contributed by atoms with Gasteiger partial charge < -0.3 is 15.2 Å². The van der Waals surface area contributed by atoms with Crippen LogP contribution >= 0.6 is 0 Å². The van der Waals surface area contributed by atoms with Crippen LogP contribution in [-0.2, 0) is 4.79 Å². The molecule has 2 aromatic carbocycles. The van der Waals surface area contributed by atoms with Gasteiger partial charge in [0.2, 0.25) is 0 Å². The molecule has 25 heavy (non-hydrogen) atoms. The predicted octanol–water partition coefficient (Wildman–Crippen LogP) is 3.58. The fraction of sp³-hybridized carbons (Fsp3) is 0. The van der Waals surface area contributed by atoms with Crippen molar-refractivity contribution in [1.29, 1.82) is 0 Å². The van der Waals surface area contributed by atoms with E-state index in [1.165, 1.54) is 0 Å². The van der Waals surface area contributed by atoms with Crippen LogP contribution in [0.5, 0.6) is 5.75 Å². The second-order valence-electron chi connectivity index (χ2n) is 5.61. The van der Waals surface area contributed by atoms with Crippen LogP contribution in [0.25, 0.3) is 39.3 Å². The molecule has 0 fully saturated rings. The van der Waals surface area contributed by atoms with Gasteiger partial charge in [-0.3, -0.25) is 0 Å². The standard InChI is InChI=1S/C19H13N3O3/c23-17-4-2-1-3-12(17)16-10-14-13-9-11(6-8-18(24)25)5-7-15(13)20-19(14)22-21-16/h1-10,23H,(H,20,22)(H,24,25)/b8-6+. The number of aliphatic carboxylic acids is 1. The van der Waals surface area contributed by atoms with E-state index in [9.17, 15) is 9.90 Å². The summed E-state index contributed by atoms with van der Waals surface area (Å²) in [6, 6.07) is 14.4. The number of nitrogens with one attached hydrogen (secondary N) is 1. The molecule has 4 aromatic rings. The molecule has 0 bridgehead atoms. The zero-order valence-corrected chi connectivity index (χ0v) is 13.0. The van der Waals surface area contributed by atoms with Crippen LogP contribution in [0, 0.1) is 0 Å². The Morgan fingerprint density at radius 3 is 2.68 bits per heavy atom. The maximum absolute atomic E-state index is 10.7. The normalized spacial score (nSPS) is 11.5. The first-order valence-electron chi connectivity index (χ1n) is 7.60. The predicted molar refractivity (Wildman–Crippen MR) is 95.2 cm³/mol. The Bertz CT molecular complexity index is 1150. The van der Waals surface area contributed by atoms with Gasteiger partial charge in [0.1, 0.15) is 5.75 Å². The molecule has 0 radical (unpaired) electrons. The van der Waals surface area contributed by atoms with Crippen LogP contribution in [0.15, 0.2) is 54.6 Å². The second kappa shape index (κ2) is 5.76. The molecule has 0 unspecified atom stereocenters. The summed E-state index contributed by atoms with van der Waals surface area (Å²) in [6.07, 6.45) is 2.64. The van der Waals surface area contributed by atoms with Crippen LogP contribution in [0.1, 0.15) is 5.56 Å².